The predicted octanol–water partition coefficient (Wildman–Crippen LogP) is 4.70. The molecular formula is C20H13F2IrN3-2. The van der Waals surface area contributed by atoms with Gasteiger partial charge < -0.3 is 9.97 Å². The Morgan fingerprint density at radius 2 is 1.77 bits per heavy atom. The molecule has 26 heavy (non-hydrogen) atoms. The van der Waals surface area contributed by atoms with Crippen LogP contribution in [-0.4, -0.2) is 15.0 Å². The first-order valence-corrected chi connectivity index (χ1v) is 7.48. The quantitative estimate of drug-likeness (QED) is 0.386. The van der Waals surface area contributed by atoms with Gasteiger partial charge in [-0.2, -0.15) is 0 Å². The molecule has 1 N–H and O–H groups in total. The Hall–Kier alpha value is -2.69. The minimum Gasteiger partial charge on any atom is -0.384 e. The molecule has 0 aliphatic heterocycles. The van der Waals surface area contributed by atoms with E-state index in [9.17, 15) is 8.78 Å². The first-order chi connectivity index (χ1) is 12.2. The van der Waals surface area contributed by atoms with Gasteiger partial charge in [0.15, 0.2) is 0 Å². The van der Waals surface area contributed by atoms with Gasteiger partial charge >= 0.3 is 0 Å². The summed E-state index contributed by atoms with van der Waals surface area (Å²) in [6.45, 7) is 0. The number of nitrogens with zero attached hydrogens (tertiary/aromatic N) is 2. The third-order valence-corrected chi connectivity index (χ3v) is 3.24. The van der Waals surface area contributed by atoms with Crippen molar-refractivity contribution in [3.05, 3.63) is 97.0 Å². The van der Waals surface area contributed by atoms with Gasteiger partial charge in [0.05, 0.1) is 5.82 Å². The molecule has 0 spiro atoms. The van der Waals surface area contributed by atoms with E-state index >= 15 is 0 Å². The van der Waals surface area contributed by atoms with E-state index in [1.54, 1.807) is 36.8 Å². The number of halogens is 2. The second kappa shape index (κ2) is 9.70. The van der Waals surface area contributed by atoms with Gasteiger partial charge in [-0.25, -0.2) is 0 Å². The van der Waals surface area contributed by atoms with Crippen LogP contribution in [0.5, 0.6) is 0 Å². The number of aromatic nitrogens is 3. The molecule has 0 aliphatic carbocycles. The van der Waals surface area contributed by atoms with Crippen LogP contribution in [0, 0.1) is 23.8 Å². The maximum absolute atomic E-state index is 13.2. The Balaban J connectivity index is 0.000000184. The largest absolute Gasteiger partial charge is 0.384 e. The van der Waals surface area contributed by atoms with E-state index in [1.807, 2.05) is 24.3 Å². The Kier molecular flexibility index (Phi) is 7.33. The summed E-state index contributed by atoms with van der Waals surface area (Å²) in [4.78, 5) is 11.1. The van der Waals surface area contributed by atoms with Crippen LogP contribution in [-0.2, 0) is 20.1 Å². The molecule has 2 aromatic heterocycles. The van der Waals surface area contributed by atoms with Crippen LogP contribution in [0.4, 0.5) is 8.78 Å². The van der Waals surface area contributed by atoms with E-state index in [-0.39, 0.29) is 25.7 Å². The van der Waals surface area contributed by atoms with Gasteiger partial charge in [-0.05, 0) is 11.8 Å². The number of H-pyrrole nitrogens is 1. The standard InChI is InChI=1S/C11H6F2N.C9H7N2.Ir/c12-8-4-5-9(10(13)7-8)11-3-1-2-6-14-11;1-2-4-8(5-3-1)9-10-6-7-11-9;/h1-4,6-7H;1-4,6-7H,(H,10,11);/q2*-1;. The van der Waals surface area contributed by atoms with Crippen LogP contribution in [0.3, 0.4) is 0 Å². The number of rotatable bonds is 2. The van der Waals surface area contributed by atoms with Crippen molar-refractivity contribution in [1.82, 2.24) is 15.0 Å². The number of imidazole rings is 1. The molecule has 0 amide bonds. The average Bonchev–Trinajstić information content (AvgIpc) is 3.19. The van der Waals surface area contributed by atoms with Gasteiger partial charge in [0.25, 0.3) is 0 Å². The summed E-state index contributed by atoms with van der Waals surface area (Å²) in [5, 5.41) is 0. The zero-order valence-corrected chi connectivity index (χ0v) is 15.8. The summed E-state index contributed by atoms with van der Waals surface area (Å²) in [7, 11) is 0. The Labute approximate surface area is 163 Å². The number of hydrogen-bond donors (Lipinski definition) is 1. The van der Waals surface area contributed by atoms with E-state index < -0.39 is 11.6 Å². The number of pyridine rings is 1. The molecule has 133 valence electrons. The first-order valence-electron chi connectivity index (χ1n) is 7.48. The molecule has 0 atom stereocenters. The molecule has 0 aliphatic rings. The molecule has 0 unspecified atom stereocenters. The van der Waals surface area contributed by atoms with E-state index in [0.717, 1.165) is 23.5 Å². The van der Waals surface area contributed by atoms with E-state index in [0.29, 0.717) is 5.69 Å². The third kappa shape index (κ3) is 5.15. The van der Waals surface area contributed by atoms with Crippen molar-refractivity contribution in [2.75, 3.05) is 0 Å². The maximum atomic E-state index is 13.2. The number of benzene rings is 2. The molecule has 0 saturated carbocycles. The summed E-state index contributed by atoms with van der Waals surface area (Å²) in [6.07, 6.45) is 5.08. The van der Waals surface area contributed by atoms with Gasteiger partial charge in [-0.15, -0.1) is 48.0 Å². The first kappa shape index (κ1) is 19.6. The van der Waals surface area contributed by atoms with Crippen molar-refractivity contribution in [1.29, 1.82) is 0 Å². The monoisotopic (exact) mass is 526 g/mol. The molecule has 2 aromatic carbocycles. The fourth-order valence-corrected chi connectivity index (χ4v) is 2.11. The summed E-state index contributed by atoms with van der Waals surface area (Å²) in [6, 6.07) is 20.4. The van der Waals surface area contributed by atoms with Crippen molar-refractivity contribution in [3.8, 4) is 22.6 Å². The molecule has 0 saturated heterocycles. The summed E-state index contributed by atoms with van der Waals surface area (Å²) >= 11 is 0. The Bertz CT molecular complexity index is 914. The molecule has 4 rings (SSSR count). The molecule has 6 heteroatoms. The van der Waals surface area contributed by atoms with Gasteiger partial charge in [-0.1, -0.05) is 23.8 Å². The molecule has 2 heterocycles. The predicted molar refractivity (Wildman–Crippen MR) is 91.3 cm³/mol. The molecule has 1 radical (unpaired) electrons. The number of aromatic amines is 1. The normalized spacial score (nSPS) is 9.62. The molecule has 0 bridgehead atoms. The van der Waals surface area contributed by atoms with Gasteiger partial charge in [0.2, 0.25) is 0 Å². The summed E-state index contributed by atoms with van der Waals surface area (Å²) in [5.74, 6) is -0.420. The summed E-state index contributed by atoms with van der Waals surface area (Å²) < 4.78 is 25.8. The van der Waals surface area contributed by atoms with Crippen molar-refractivity contribution >= 4 is 0 Å². The van der Waals surface area contributed by atoms with Crippen LogP contribution >= 0.6 is 0 Å². The average molecular weight is 526 g/mol. The minimum atomic E-state index is -0.649. The fourth-order valence-electron chi connectivity index (χ4n) is 2.11. The number of hydrogen-bond acceptors (Lipinski definition) is 2. The van der Waals surface area contributed by atoms with Crippen LogP contribution in [0.1, 0.15) is 0 Å². The van der Waals surface area contributed by atoms with Crippen molar-refractivity contribution in [2.45, 2.75) is 0 Å². The van der Waals surface area contributed by atoms with Crippen molar-refractivity contribution in [2.24, 2.45) is 0 Å². The second-order valence-electron chi connectivity index (χ2n) is 4.97. The van der Waals surface area contributed by atoms with Crippen LogP contribution in [0.15, 0.2) is 73.2 Å². The topological polar surface area (TPSA) is 41.6 Å². The van der Waals surface area contributed by atoms with Crippen LogP contribution in [0.2, 0.25) is 0 Å². The minimum absolute atomic E-state index is 0. The third-order valence-electron chi connectivity index (χ3n) is 3.24. The van der Waals surface area contributed by atoms with Crippen LogP contribution < -0.4 is 0 Å². The smallest absolute Gasteiger partial charge is 0.0531 e. The molecule has 0 fully saturated rings. The zero-order valence-electron chi connectivity index (χ0n) is 13.4. The van der Waals surface area contributed by atoms with E-state index in [4.69, 9.17) is 0 Å². The van der Waals surface area contributed by atoms with Gasteiger partial charge in [-0.3, -0.25) is 13.8 Å². The van der Waals surface area contributed by atoms with Gasteiger partial charge in [0.1, 0.15) is 0 Å². The molecular weight excluding hydrogens is 512 g/mol. The summed E-state index contributed by atoms with van der Waals surface area (Å²) in [5.41, 5.74) is 1.63. The fraction of sp³-hybridized carbons (Fsp3) is 0. The van der Waals surface area contributed by atoms with Crippen LogP contribution in [0.25, 0.3) is 22.6 Å². The number of nitrogens with one attached hydrogen (secondary N) is 1. The Morgan fingerprint density at radius 3 is 2.38 bits per heavy atom. The van der Waals surface area contributed by atoms with E-state index in [2.05, 4.69) is 27.1 Å². The Morgan fingerprint density at radius 1 is 0.923 bits per heavy atom. The van der Waals surface area contributed by atoms with Crippen molar-refractivity contribution < 1.29 is 28.9 Å². The van der Waals surface area contributed by atoms with Crippen molar-refractivity contribution in [3.63, 3.8) is 0 Å². The van der Waals surface area contributed by atoms with Gasteiger partial charge in [0, 0.05) is 50.3 Å². The maximum Gasteiger partial charge on any atom is 0.0531 e. The SMILES string of the molecule is Fc1c[c-]c(-c2ccccn2)c(F)c1.[Ir].[c-]1ccccc1-c1ncc[nH]1. The molecule has 4 aromatic rings. The molecule has 3 nitrogen and oxygen atoms in total. The van der Waals surface area contributed by atoms with E-state index in [1.165, 1.54) is 0 Å². The second-order valence-corrected chi connectivity index (χ2v) is 4.97. The zero-order chi connectivity index (χ0) is 17.5.